The Morgan fingerprint density at radius 1 is 0.727 bits per heavy atom. The third-order valence-corrected chi connectivity index (χ3v) is 5.89. The monoisotopic (exact) mass is 481 g/mol. The average Bonchev–Trinajstić information content (AvgIpc) is 2.48. The maximum absolute atomic E-state index is 11.4. The second-order valence-corrected chi connectivity index (χ2v) is 7.61. The highest BCUT2D eigenvalue weighted by atomic mass is 79.9. The van der Waals surface area contributed by atoms with Crippen molar-refractivity contribution in [1.29, 1.82) is 0 Å². The largest absolute Gasteiger partial charge is 0.278 e. The number of non-ortho nitro benzene ring substituents is 1. The van der Waals surface area contributed by atoms with Crippen molar-refractivity contribution >= 4 is 85.8 Å². The van der Waals surface area contributed by atoms with Gasteiger partial charge in [0.2, 0.25) is 0 Å². The van der Waals surface area contributed by atoms with Crippen LogP contribution >= 0.6 is 47.8 Å². The molecular formula is C16H6Br3NO2. The molecule has 0 aliphatic heterocycles. The smallest absolute Gasteiger partial charge is 0.258 e. The van der Waals surface area contributed by atoms with Gasteiger partial charge in [0.25, 0.3) is 5.69 Å². The summed E-state index contributed by atoms with van der Waals surface area (Å²) in [5.74, 6) is 0. The molecule has 108 valence electrons. The lowest BCUT2D eigenvalue weighted by atomic mass is 9.93. The van der Waals surface area contributed by atoms with Gasteiger partial charge in [-0.3, -0.25) is 10.1 Å². The molecule has 0 radical (unpaired) electrons. The topological polar surface area (TPSA) is 43.1 Å². The van der Waals surface area contributed by atoms with E-state index in [9.17, 15) is 10.1 Å². The van der Waals surface area contributed by atoms with Crippen molar-refractivity contribution in [2.45, 2.75) is 0 Å². The van der Waals surface area contributed by atoms with Gasteiger partial charge in [-0.2, -0.15) is 0 Å². The molecule has 0 aliphatic carbocycles. The van der Waals surface area contributed by atoms with E-state index in [1.54, 1.807) is 6.07 Å². The second kappa shape index (κ2) is 4.88. The third-order valence-electron chi connectivity index (χ3n) is 3.92. The summed E-state index contributed by atoms with van der Waals surface area (Å²) >= 11 is 10.6. The van der Waals surface area contributed by atoms with Crippen molar-refractivity contribution in [3.8, 4) is 0 Å². The number of rotatable bonds is 1. The lowest BCUT2D eigenvalue weighted by Gasteiger charge is -2.14. The van der Waals surface area contributed by atoms with Crippen molar-refractivity contribution in [2.24, 2.45) is 0 Å². The zero-order valence-electron chi connectivity index (χ0n) is 10.9. The predicted octanol–water partition coefficient (Wildman–Crippen LogP) is 6.78. The summed E-state index contributed by atoms with van der Waals surface area (Å²) in [6, 6.07) is 11.4. The maximum Gasteiger partial charge on any atom is 0.278 e. The molecule has 0 bridgehead atoms. The van der Waals surface area contributed by atoms with E-state index in [4.69, 9.17) is 0 Å². The lowest BCUT2D eigenvalue weighted by molar-refractivity contribution is -0.383. The number of nitro benzene ring substituents is 1. The molecule has 0 unspecified atom stereocenters. The minimum atomic E-state index is -0.333. The zero-order chi connectivity index (χ0) is 15.6. The number of nitro groups is 1. The number of hydrogen-bond donors (Lipinski definition) is 0. The van der Waals surface area contributed by atoms with Crippen LogP contribution in [-0.4, -0.2) is 4.92 Å². The molecule has 3 nitrogen and oxygen atoms in total. The summed E-state index contributed by atoms with van der Waals surface area (Å²) in [5, 5.41) is 17.1. The van der Waals surface area contributed by atoms with E-state index in [-0.39, 0.29) is 10.6 Å². The van der Waals surface area contributed by atoms with Gasteiger partial charge in [0.05, 0.1) is 10.3 Å². The van der Waals surface area contributed by atoms with Gasteiger partial charge in [0, 0.05) is 24.9 Å². The molecule has 0 N–H and O–H groups in total. The fourth-order valence-electron chi connectivity index (χ4n) is 3.00. The molecule has 0 atom stereocenters. The first-order valence-electron chi connectivity index (χ1n) is 6.38. The molecule has 0 spiro atoms. The minimum absolute atomic E-state index is 0.116. The van der Waals surface area contributed by atoms with E-state index >= 15 is 0 Å². The van der Waals surface area contributed by atoms with Crippen LogP contribution in [0.2, 0.25) is 0 Å². The molecule has 0 fully saturated rings. The standard InChI is InChI=1S/C16H6Br3NO2/c17-11-5-12(18)8-3-4-10-14(20(21)22)6-13(19)9-2-1-7(11)15(8)16(9)10/h1-6H. The molecular weight excluding hydrogens is 478 g/mol. The first kappa shape index (κ1) is 14.4. The fraction of sp³-hybridized carbons (Fsp3) is 0. The molecule has 6 heteroatoms. The van der Waals surface area contributed by atoms with Crippen LogP contribution in [0.5, 0.6) is 0 Å². The molecule has 0 saturated heterocycles. The van der Waals surface area contributed by atoms with E-state index in [1.807, 2.05) is 30.3 Å². The van der Waals surface area contributed by atoms with Gasteiger partial charge in [0.15, 0.2) is 0 Å². The lowest BCUT2D eigenvalue weighted by Crippen LogP contribution is -1.93. The number of benzene rings is 4. The Kier molecular flexibility index (Phi) is 3.18. The second-order valence-electron chi connectivity index (χ2n) is 5.05. The summed E-state index contributed by atoms with van der Waals surface area (Å²) in [5.41, 5.74) is 0.116. The van der Waals surface area contributed by atoms with Gasteiger partial charge in [-0.05, 0) is 49.6 Å². The van der Waals surface area contributed by atoms with E-state index in [0.29, 0.717) is 5.39 Å². The summed E-state index contributed by atoms with van der Waals surface area (Å²) in [4.78, 5) is 11.1. The predicted molar refractivity (Wildman–Crippen MR) is 99.9 cm³/mol. The highest BCUT2D eigenvalue weighted by molar-refractivity contribution is 9.11. The van der Waals surface area contributed by atoms with Crippen LogP contribution in [0.1, 0.15) is 0 Å². The van der Waals surface area contributed by atoms with Crippen molar-refractivity contribution in [2.75, 3.05) is 0 Å². The van der Waals surface area contributed by atoms with Gasteiger partial charge in [-0.1, -0.05) is 50.1 Å². The van der Waals surface area contributed by atoms with Crippen molar-refractivity contribution in [3.63, 3.8) is 0 Å². The van der Waals surface area contributed by atoms with Gasteiger partial charge in [-0.15, -0.1) is 0 Å². The summed E-state index contributed by atoms with van der Waals surface area (Å²) in [6.07, 6.45) is 0. The van der Waals surface area contributed by atoms with E-state index < -0.39 is 0 Å². The normalized spacial score (nSPS) is 11.8. The maximum atomic E-state index is 11.4. The highest BCUT2D eigenvalue weighted by Crippen LogP contribution is 2.45. The molecule has 22 heavy (non-hydrogen) atoms. The Labute approximate surface area is 150 Å². The first-order valence-corrected chi connectivity index (χ1v) is 8.76. The number of nitrogens with zero attached hydrogens (tertiary/aromatic N) is 1. The Morgan fingerprint density at radius 2 is 1.14 bits per heavy atom. The molecule has 0 amide bonds. The Balaban J connectivity index is 2.42. The molecule has 4 aromatic rings. The van der Waals surface area contributed by atoms with E-state index in [2.05, 4.69) is 47.8 Å². The zero-order valence-corrected chi connectivity index (χ0v) is 15.6. The Bertz CT molecular complexity index is 1070. The van der Waals surface area contributed by atoms with Crippen LogP contribution in [0, 0.1) is 10.1 Å². The molecule has 0 heterocycles. The molecule has 0 saturated carbocycles. The number of hydrogen-bond acceptors (Lipinski definition) is 2. The van der Waals surface area contributed by atoms with Gasteiger partial charge in [0.1, 0.15) is 0 Å². The van der Waals surface area contributed by atoms with Crippen LogP contribution in [0.15, 0.2) is 49.8 Å². The molecule has 0 aliphatic rings. The SMILES string of the molecule is O=[N+]([O-])c1cc(Br)c2ccc3c(Br)cc(Br)c4ccc1c2c34. The molecule has 4 rings (SSSR count). The molecule has 0 aromatic heterocycles. The van der Waals surface area contributed by atoms with E-state index in [0.717, 1.165) is 40.3 Å². The number of halogens is 3. The first-order chi connectivity index (χ1) is 10.5. The summed E-state index contributed by atoms with van der Waals surface area (Å²) < 4.78 is 2.66. The summed E-state index contributed by atoms with van der Waals surface area (Å²) in [6.45, 7) is 0. The average molecular weight is 484 g/mol. The highest BCUT2D eigenvalue weighted by Gasteiger charge is 2.20. The molecule has 4 aromatic carbocycles. The Morgan fingerprint density at radius 3 is 1.64 bits per heavy atom. The fourth-order valence-corrected chi connectivity index (χ4v) is 4.97. The van der Waals surface area contributed by atoms with Crippen LogP contribution < -0.4 is 0 Å². The quantitative estimate of drug-likeness (QED) is 0.170. The van der Waals surface area contributed by atoms with Crippen molar-refractivity contribution in [1.82, 2.24) is 0 Å². The summed E-state index contributed by atoms with van der Waals surface area (Å²) in [7, 11) is 0. The van der Waals surface area contributed by atoms with Gasteiger partial charge in [-0.25, -0.2) is 0 Å². The third kappa shape index (κ3) is 1.84. The van der Waals surface area contributed by atoms with Crippen LogP contribution in [0.25, 0.3) is 32.3 Å². The van der Waals surface area contributed by atoms with Gasteiger partial charge < -0.3 is 0 Å². The Hall–Kier alpha value is -1.24. The van der Waals surface area contributed by atoms with Crippen molar-refractivity contribution in [3.05, 3.63) is 59.9 Å². The van der Waals surface area contributed by atoms with Crippen LogP contribution in [0.3, 0.4) is 0 Å². The van der Waals surface area contributed by atoms with E-state index in [1.165, 1.54) is 0 Å². The minimum Gasteiger partial charge on any atom is -0.258 e. The van der Waals surface area contributed by atoms with Crippen molar-refractivity contribution < 1.29 is 4.92 Å². The van der Waals surface area contributed by atoms with Crippen LogP contribution in [0.4, 0.5) is 5.69 Å². The van der Waals surface area contributed by atoms with Gasteiger partial charge >= 0.3 is 0 Å². The van der Waals surface area contributed by atoms with Crippen LogP contribution in [-0.2, 0) is 0 Å².